The molecule has 0 aromatic carbocycles. The van der Waals surface area contributed by atoms with Crippen LogP contribution < -0.4 is 0 Å². The lowest BCUT2D eigenvalue weighted by atomic mass is 10.2. The van der Waals surface area contributed by atoms with Gasteiger partial charge in [-0.05, 0) is 31.9 Å². The smallest absolute Gasteiger partial charge is 0.0512 e. The summed E-state index contributed by atoms with van der Waals surface area (Å²) < 4.78 is 2.13. The van der Waals surface area contributed by atoms with Crippen molar-refractivity contribution >= 4 is 0 Å². The van der Waals surface area contributed by atoms with E-state index in [1.165, 1.54) is 0 Å². The van der Waals surface area contributed by atoms with E-state index in [9.17, 15) is 0 Å². The van der Waals surface area contributed by atoms with Crippen LogP contribution in [-0.4, -0.2) is 15.8 Å². The van der Waals surface area contributed by atoms with Gasteiger partial charge in [0.1, 0.15) is 0 Å². The van der Waals surface area contributed by atoms with E-state index in [0.717, 1.165) is 19.4 Å². The van der Waals surface area contributed by atoms with E-state index in [2.05, 4.69) is 4.57 Å². The maximum absolute atomic E-state index is 8.97. The molecule has 1 rings (SSSR count). The molecule has 0 radical (unpaired) electrons. The minimum atomic E-state index is -0.162. The van der Waals surface area contributed by atoms with Gasteiger partial charge in [-0.1, -0.05) is 0 Å². The molecule has 62 valence electrons. The van der Waals surface area contributed by atoms with Crippen LogP contribution >= 0.6 is 0 Å². The fraction of sp³-hybridized carbons (Fsp3) is 0.556. The maximum atomic E-state index is 8.97. The normalized spacial score (nSPS) is 13.3. The molecule has 2 nitrogen and oxygen atoms in total. The first kappa shape index (κ1) is 8.34. The summed E-state index contributed by atoms with van der Waals surface area (Å²) in [5.41, 5.74) is 0. The molecule has 0 bridgehead atoms. The highest BCUT2D eigenvalue weighted by molar-refractivity contribution is 4.89. The van der Waals surface area contributed by atoms with Gasteiger partial charge in [-0.2, -0.15) is 0 Å². The second kappa shape index (κ2) is 4.19. The molecule has 0 saturated carbocycles. The van der Waals surface area contributed by atoms with Crippen molar-refractivity contribution in [3.63, 3.8) is 0 Å². The average molecular weight is 153 g/mol. The summed E-state index contributed by atoms with van der Waals surface area (Å²) in [6.45, 7) is 2.84. The summed E-state index contributed by atoms with van der Waals surface area (Å²) >= 11 is 0. The summed E-state index contributed by atoms with van der Waals surface area (Å²) in [7, 11) is 0. The van der Waals surface area contributed by atoms with Gasteiger partial charge in [0.15, 0.2) is 0 Å². The number of hydrogen-bond acceptors (Lipinski definition) is 1. The first-order valence-electron chi connectivity index (χ1n) is 4.08. The molecule has 11 heavy (non-hydrogen) atoms. The Hall–Kier alpha value is -0.760. The molecule has 1 atom stereocenters. The summed E-state index contributed by atoms with van der Waals surface area (Å²) in [4.78, 5) is 0. The number of aromatic nitrogens is 1. The van der Waals surface area contributed by atoms with E-state index in [0.29, 0.717) is 0 Å². The summed E-state index contributed by atoms with van der Waals surface area (Å²) in [5.74, 6) is 0. The van der Waals surface area contributed by atoms with E-state index < -0.39 is 0 Å². The predicted octanol–water partition coefficient (Wildman–Crippen LogP) is 1.65. The third kappa shape index (κ3) is 3.23. The van der Waals surface area contributed by atoms with Crippen LogP contribution in [0, 0.1) is 0 Å². The van der Waals surface area contributed by atoms with Gasteiger partial charge in [0, 0.05) is 18.9 Å². The highest BCUT2D eigenvalue weighted by atomic mass is 16.3. The van der Waals surface area contributed by atoms with Crippen LogP contribution in [0.5, 0.6) is 0 Å². The minimum Gasteiger partial charge on any atom is -0.393 e. The molecule has 0 aliphatic heterocycles. The van der Waals surface area contributed by atoms with Gasteiger partial charge in [-0.3, -0.25) is 0 Å². The van der Waals surface area contributed by atoms with Crippen LogP contribution in [0.15, 0.2) is 24.5 Å². The molecule has 0 aliphatic rings. The Morgan fingerprint density at radius 3 is 2.55 bits per heavy atom. The Kier molecular flexibility index (Phi) is 3.17. The van der Waals surface area contributed by atoms with Gasteiger partial charge in [0.2, 0.25) is 0 Å². The highest BCUT2D eigenvalue weighted by Gasteiger charge is 1.94. The van der Waals surface area contributed by atoms with Crippen LogP contribution in [0.25, 0.3) is 0 Å². The third-order valence-electron chi connectivity index (χ3n) is 1.70. The average Bonchev–Trinajstić information content (AvgIpc) is 2.39. The monoisotopic (exact) mass is 153 g/mol. The summed E-state index contributed by atoms with van der Waals surface area (Å²) in [5, 5.41) is 8.97. The molecular weight excluding hydrogens is 138 g/mol. The van der Waals surface area contributed by atoms with Crippen LogP contribution in [0.1, 0.15) is 19.8 Å². The number of aryl methyl sites for hydroxylation is 1. The Morgan fingerprint density at radius 2 is 2.00 bits per heavy atom. The van der Waals surface area contributed by atoms with Crippen molar-refractivity contribution < 1.29 is 5.11 Å². The molecule has 0 spiro atoms. The van der Waals surface area contributed by atoms with Crippen molar-refractivity contribution in [3.8, 4) is 0 Å². The van der Waals surface area contributed by atoms with E-state index in [1.807, 2.05) is 31.5 Å². The van der Waals surface area contributed by atoms with Gasteiger partial charge in [-0.15, -0.1) is 0 Å². The maximum Gasteiger partial charge on any atom is 0.0512 e. The SMILES string of the molecule is C[C@@H](O)CCCn1cccc1. The zero-order valence-corrected chi connectivity index (χ0v) is 6.90. The summed E-state index contributed by atoms with van der Waals surface area (Å²) in [6.07, 6.45) is 5.86. The lowest BCUT2D eigenvalue weighted by Gasteiger charge is -2.04. The van der Waals surface area contributed by atoms with E-state index in [4.69, 9.17) is 5.11 Å². The number of aliphatic hydroxyl groups excluding tert-OH is 1. The van der Waals surface area contributed by atoms with Crippen molar-refractivity contribution in [2.24, 2.45) is 0 Å². The second-order valence-corrected chi connectivity index (χ2v) is 2.91. The van der Waals surface area contributed by atoms with E-state index in [-0.39, 0.29) is 6.10 Å². The quantitative estimate of drug-likeness (QED) is 0.699. The predicted molar refractivity (Wildman–Crippen MR) is 45.3 cm³/mol. The number of nitrogens with zero attached hydrogens (tertiary/aromatic N) is 1. The fourth-order valence-corrected chi connectivity index (χ4v) is 1.09. The summed E-state index contributed by atoms with van der Waals surface area (Å²) in [6, 6.07) is 4.03. The Labute approximate surface area is 67.5 Å². The molecule has 1 heterocycles. The van der Waals surface area contributed by atoms with Crippen molar-refractivity contribution in [1.82, 2.24) is 4.57 Å². The number of hydrogen-bond donors (Lipinski definition) is 1. The minimum absolute atomic E-state index is 0.162. The van der Waals surface area contributed by atoms with E-state index >= 15 is 0 Å². The lowest BCUT2D eigenvalue weighted by Crippen LogP contribution is -2.02. The van der Waals surface area contributed by atoms with Crippen molar-refractivity contribution in [2.45, 2.75) is 32.4 Å². The topological polar surface area (TPSA) is 25.2 Å². The zero-order valence-electron chi connectivity index (χ0n) is 6.90. The largest absolute Gasteiger partial charge is 0.393 e. The van der Waals surface area contributed by atoms with Crippen LogP contribution in [-0.2, 0) is 6.54 Å². The third-order valence-corrected chi connectivity index (χ3v) is 1.70. The Balaban J connectivity index is 2.14. The van der Waals surface area contributed by atoms with Gasteiger partial charge in [-0.25, -0.2) is 0 Å². The van der Waals surface area contributed by atoms with Crippen LogP contribution in [0.2, 0.25) is 0 Å². The van der Waals surface area contributed by atoms with Crippen molar-refractivity contribution in [3.05, 3.63) is 24.5 Å². The van der Waals surface area contributed by atoms with Gasteiger partial charge in [0.25, 0.3) is 0 Å². The lowest BCUT2D eigenvalue weighted by molar-refractivity contribution is 0.179. The molecule has 1 N–H and O–H groups in total. The van der Waals surface area contributed by atoms with Crippen molar-refractivity contribution in [1.29, 1.82) is 0 Å². The zero-order chi connectivity index (χ0) is 8.10. The first-order valence-corrected chi connectivity index (χ1v) is 4.08. The molecule has 2 heteroatoms. The van der Waals surface area contributed by atoms with Crippen molar-refractivity contribution in [2.75, 3.05) is 0 Å². The standard InChI is InChI=1S/C9H15NO/c1-9(11)5-4-8-10-6-2-3-7-10/h2-3,6-7,9,11H,4-5,8H2,1H3/t9-/m1/s1. The van der Waals surface area contributed by atoms with Crippen LogP contribution in [0.4, 0.5) is 0 Å². The van der Waals surface area contributed by atoms with Gasteiger partial charge in [0.05, 0.1) is 6.10 Å². The number of aliphatic hydroxyl groups is 1. The van der Waals surface area contributed by atoms with E-state index in [1.54, 1.807) is 0 Å². The fourth-order valence-electron chi connectivity index (χ4n) is 1.09. The Morgan fingerprint density at radius 1 is 1.36 bits per heavy atom. The molecule has 0 amide bonds. The first-order chi connectivity index (χ1) is 5.29. The molecule has 1 aromatic heterocycles. The highest BCUT2D eigenvalue weighted by Crippen LogP contribution is 1.99. The number of rotatable bonds is 4. The molecule has 0 unspecified atom stereocenters. The second-order valence-electron chi connectivity index (χ2n) is 2.91. The van der Waals surface area contributed by atoms with Gasteiger partial charge >= 0.3 is 0 Å². The van der Waals surface area contributed by atoms with Crippen LogP contribution in [0.3, 0.4) is 0 Å². The molecule has 0 aliphatic carbocycles. The molecule has 1 aromatic rings. The van der Waals surface area contributed by atoms with Gasteiger partial charge < -0.3 is 9.67 Å². The molecule has 0 fully saturated rings. The molecular formula is C9H15NO. The molecule has 0 saturated heterocycles. The Bertz CT molecular complexity index is 179.